The first-order chi connectivity index (χ1) is 13.2. The fourth-order valence-corrected chi connectivity index (χ4v) is 3.39. The minimum absolute atomic E-state index is 0.0366. The lowest BCUT2D eigenvalue weighted by Crippen LogP contribution is -2.26. The van der Waals surface area contributed by atoms with Crippen LogP contribution >= 0.6 is 0 Å². The number of carbonyl (C=O) groups is 1. The number of fused-ring (bicyclic) bond motifs is 1. The average Bonchev–Trinajstić information content (AvgIpc) is 3.27. The van der Waals surface area contributed by atoms with Gasteiger partial charge in [-0.05, 0) is 25.3 Å². The molecule has 0 spiro atoms. The number of amides is 1. The highest BCUT2D eigenvalue weighted by atomic mass is 16.3. The highest BCUT2D eigenvalue weighted by Crippen LogP contribution is 2.27. The molecule has 0 saturated carbocycles. The Bertz CT molecular complexity index is 879. The van der Waals surface area contributed by atoms with Crippen LogP contribution in [0, 0.1) is 0 Å². The monoisotopic (exact) mass is 367 g/mol. The Morgan fingerprint density at radius 2 is 2.00 bits per heavy atom. The fourth-order valence-electron chi connectivity index (χ4n) is 3.39. The van der Waals surface area contributed by atoms with Gasteiger partial charge in [0.05, 0.1) is 5.56 Å². The van der Waals surface area contributed by atoms with Crippen molar-refractivity contribution in [2.24, 2.45) is 0 Å². The number of furan rings is 1. The number of rotatable bonds is 10. The van der Waals surface area contributed by atoms with Gasteiger partial charge in [-0.2, -0.15) is 0 Å². The van der Waals surface area contributed by atoms with Crippen LogP contribution in [0.25, 0.3) is 11.0 Å². The summed E-state index contributed by atoms with van der Waals surface area (Å²) in [5.74, 6) is 1.88. The highest BCUT2D eigenvalue weighted by molar-refractivity contribution is 6.07. The van der Waals surface area contributed by atoms with E-state index in [1.54, 1.807) is 0 Å². The third-order valence-corrected chi connectivity index (χ3v) is 4.79. The molecular formula is C22H29N3O2. The number of unbranched alkanes of at least 4 members (excludes halogenated alkanes) is 1. The summed E-state index contributed by atoms with van der Waals surface area (Å²) in [5.41, 5.74) is 1.49. The first-order valence-electron chi connectivity index (χ1n) is 10.0. The first-order valence-corrected chi connectivity index (χ1v) is 10.0. The summed E-state index contributed by atoms with van der Waals surface area (Å²) in [4.78, 5) is 17.2. The third-order valence-electron chi connectivity index (χ3n) is 4.79. The highest BCUT2D eigenvalue weighted by Gasteiger charge is 2.19. The minimum Gasteiger partial charge on any atom is -0.460 e. The molecule has 1 amide bonds. The first kappa shape index (κ1) is 19.2. The van der Waals surface area contributed by atoms with Gasteiger partial charge >= 0.3 is 0 Å². The quantitative estimate of drug-likeness (QED) is 0.526. The second-order valence-corrected chi connectivity index (χ2v) is 6.90. The van der Waals surface area contributed by atoms with Gasteiger partial charge in [0.1, 0.15) is 17.2 Å². The average molecular weight is 367 g/mol. The number of nitrogens with zero attached hydrogens (tertiary/aromatic N) is 2. The van der Waals surface area contributed by atoms with Gasteiger partial charge in [-0.3, -0.25) is 4.79 Å². The van der Waals surface area contributed by atoms with Crippen LogP contribution in [0.15, 0.2) is 41.1 Å². The van der Waals surface area contributed by atoms with E-state index in [1.165, 1.54) is 0 Å². The molecule has 0 aliphatic heterocycles. The van der Waals surface area contributed by atoms with Crippen LogP contribution in [0.4, 0.5) is 0 Å². The van der Waals surface area contributed by atoms with Crippen LogP contribution < -0.4 is 5.32 Å². The Morgan fingerprint density at radius 1 is 1.15 bits per heavy atom. The molecule has 144 valence electrons. The summed E-state index contributed by atoms with van der Waals surface area (Å²) in [6.45, 7) is 5.80. The maximum atomic E-state index is 12.8. The number of hydrogen-bond donors (Lipinski definition) is 1. The lowest BCUT2D eigenvalue weighted by molar-refractivity contribution is 0.0952. The summed E-state index contributed by atoms with van der Waals surface area (Å²) >= 11 is 0. The van der Waals surface area contributed by atoms with E-state index in [-0.39, 0.29) is 5.91 Å². The number of benzene rings is 1. The van der Waals surface area contributed by atoms with Crippen molar-refractivity contribution in [2.75, 3.05) is 6.54 Å². The predicted octanol–water partition coefficient (Wildman–Crippen LogP) is 4.74. The Balaban J connectivity index is 1.63. The van der Waals surface area contributed by atoms with Crippen LogP contribution in [0.2, 0.25) is 0 Å². The molecule has 5 nitrogen and oxygen atoms in total. The summed E-state index contributed by atoms with van der Waals surface area (Å²) in [5, 5.41) is 3.98. The van der Waals surface area contributed by atoms with Crippen molar-refractivity contribution in [1.82, 2.24) is 14.9 Å². The maximum Gasteiger partial charge on any atom is 0.255 e. The van der Waals surface area contributed by atoms with Crippen LogP contribution in [-0.4, -0.2) is 22.0 Å². The van der Waals surface area contributed by atoms with E-state index >= 15 is 0 Å². The normalized spacial score (nSPS) is 11.2. The molecule has 3 rings (SSSR count). The molecule has 2 heterocycles. The lowest BCUT2D eigenvalue weighted by atomic mass is 10.1. The van der Waals surface area contributed by atoms with E-state index in [0.717, 1.165) is 67.6 Å². The van der Waals surface area contributed by atoms with E-state index in [4.69, 9.17) is 4.42 Å². The van der Waals surface area contributed by atoms with Gasteiger partial charge in [-0.1, -0.05) is 38.5 Å². The summed E-state index contributed by atoms with van der Waals surface area (Å²) < 4.78 is 8.13. The number of carbonyl (C=O) groups excluding carboxylic acids is 1. The molecule has 5 heteroatoms. The number of aryl methyl sites for hydroxylation is 3. The molecule has 1 aromatic carbocycles. The molecular weight excluding hydrogens is 338 g/mol. The zero-order valence-corrected chi connectivity index (χ0v) is 16.3. The van der Waals surface area contributed by atoms with Gasteiger partial charge in [0, 0.05) is 43.7 Å². The smallest absolute Gasteiger partial charge is 0.255 e. The van der Waals surface area contributed by atoms with Gasteiger partial charge in [0.2, 0.25) is 0 Å². The second kappa shape index (κ2) is 9.40. The minimum atomic E-state index is -0.0366. The van der Waals surface area contributed by atoms with Crippen molar-refractivity contribution in [3.05, 3.63) is 53.8 Å². The molecule has 0 saturated heterocycles. The standard InChI is InChI=1S/C22H29N3O2/c1-3-5-11-19-21(17-10-6-7-12-18(17)27-19)22(26)24-13-8-15-25-16-14-23-20(25)9-4-2/h6-7,10,12,14,16H,3-5,8-9,11,13,15H2,1-2H3,(H,24,26). The molecule has 0 aliphatic rings. The zero-order chi connectivity index (χ0) is 19.1. The van der Waals surface area contributed by atoms with Crippen LogP contribution in [0.3, 0.4) is 0 Å². The van der Waals surface area contributed by atoms with E-state index in [1.807, 2.05) is 36.7 Å². The molecule has 0 fully saturated rings. The van der Waals surface area contributed by atoms with Crippen molar-refractivity contribution in [3.8, 4) is 0 Å². The number of hydrogen-bond acceptors (Lipinski definition) is 3. The third kappa shape index (κ3) is 4.59. The van der Waals surface area contributed by atoms with E-state index in [2.05, 4.69) is 28.7 Å². The molecule has 3 aromatic rings. The number of nitrogens with one attached hydrogen (secondary N) is 1. The van der Waals surface area contributed by atoms with E-state index in [9.17, 15) is 4.79 Å². The van der Waals surface area contributed by atoms with Crippen molar-refractivity contribution >= 4 is 16.9 Å². The molecule has 0 aliphatic carbocycles. The van der Waals surface area contributed by atoms with Gasteiger partial charge in [-0.25, -0.2) is 4.98 Å². The Morgan fingerprint density at radius 3 is 2.81 bits per heavy atom. The lowest BCUT2D eigenvalue weighted by Gasteiger charge is -2.09. The Hall–Kier alpha value is -2.56. The van der Waals surface area contributed by atoms with Crippen molar-refractivity contribution in [1.29, 1.82) is 0 Å². The second-order valence-electron chi connectivity index (χ2n) is 6.90. The molecule has 0 unspecified atom stereocenters. The van der Waals surface area contributed by atoms with Crippen LogP contribution in [-0.2, 0) is 19.4 Å². The van der Waals surface area contributed by atoms with Gasteiger partial charge in [-0.15, -0.1) is 0 Å². The molecule has 0 radical (unpaired) electrons. The number of aromatic nitrogens is 2. The molecule has 1 N–H and O–H groups in total. The van der Waals surface area contributed by atoms with Crippen LogP contribution in [0.1, 0.15) is 61.5 Å². The largest absolute Gasteiger partial charge is 0.460 e. The van der Waals surface area contributed by atoms with Crippen LogP contribution in [0.5, 0.6) is 0 Å². The van der Waals surface area contributed by atoms with Gasteiger partial charge in [0.25, 0.3) is 5.91 Å². The predicted molar refractivity (Wildman–Crippen MR) is 108 cm³/mol. The van der Waals surface area contributed by atoms with E-state index in [0.29, 0.717) is 12.1 Å². The molecule has 2 aromatic heterocycles. The molecule has 0 atom stereocenters. The summed E-state index contributed by atoms with van der Waals surface area (Å²) in [6.07, 6.45) is 9.69. The Kier molecular flexibility index (Phi) is 6.69. The fraction of sp³-hybridized carbons (Fsp3) is 0.455. The zero-order valence-electron chi connectivity index (χ0n) is 16.3. The number of para-hydroxylation sites is 1. The SMILES string of the molecule is CCCCc1oc2ccccc2c1C(=O)NCCCn1ccnc1CCC. The molecule has 0 bridgehead atoms. The van der Waals surface area contributed by atoms with Crippen molar-refractivity contribution in [3.63, 3.8) is 0 Å². The number of imidazole rings is 1. The van der Waals surface area contributed by atoms with E-state index < -0.39 is 0 Å². The van der Waals surface area contributed by atoms with Crippen molar-refractivity contribution < 1.29 is 9.21 Å². The van der Waals surface area contributed by atoms with Crippen molar-refractivity contribution in [2.45, 2.75) is 58.9 Å². The molecule has 27 heavy (non-hydrogen) atoms. The Labute approximate surface area is 160 Å². The van der Waals surface area contributed by atoms with Gasteiger partial charge < -0.3 is 14.3 Å². The van der Waals surface area contributed by atoms with Gasteiger partial charge in [0.15, 0.2) is 0 Å². The maximum absolute atomic E-state index is 12.8. The summed E-state index contributed by atoms with van der Waals surface area (Å²) in [6, 6.07) is 7.78. The topological polar surface area (TPSA) is 60.1 Å². The summed E-state index contributed by atoms with van der Waals surface area (Å²) in [7, 11) is 0.